The Morgan fingerprint density at radius 2 is 0.867 bits per heavy atom. The van der Waals surface area contributed by atoms with Crippen molar-refractivity contribution >= 4 is 87.5 Å². The zero-order chi connectivity index (χ0) is 39.5. The van der Waals surface area contributed by atoms with Gasteiger partial charge in [-0.25, -0.2) is 0 Å². The second kappa shape index (κ2) is 12.3. The van der Waals surface area contributed by atoms with E-state index < -0.39 is 0 Å². The van der Waals surface area contributed by atoms with Crippen LogP contribution in [0.5, 0.6) is 0 Å². The zero-order valence-corrected chi connectivity index (χ0v) is 32.1. The number of nitriles is 1. The smallest absolute Gasteiger partial charge is 0.145 e. The Hall–Kier alpha value is -8.33. The van der Waals surface area contributed by atoms with Crippen molar-refractivity contribution in [1.82, 2.24) is 9.13 Å². The van der Waals surface area contributed by atoms with E-state index in [0.29, 0.717) is 5.56 Å². The van der Waals surface area contributed by atoms with E-state index in [9.17, 15) is 5.26 Å². The molecule has 0 unspecified atom stereocenters. The fourth-order valence-electron chi connectivity index (χ4n) is 9.74. The lowest BCUT2D eigenvalue weighted by Gasteiger charge is -2.16. The average Bonchev–Trinajstić information content (AvgIpc) is 4.06. The predicted molar refractivity (Wildman–Crippen MR) is 245 cm³/mol. The lowest BCUT2D eigenvalue weighted by molar-refractivity contribution is 0.672. The Morgan fingerprint density at radius 3 is 1.45 bits per heavy atom. The molecule has 0 radical (unpaired) electrons. The van der Waals surface area contributed by atoms with Crippen LogP contribution < -0.4 is 0 Å². The number of hydrogen-bond donors (Lipinski definition) is 0. The van der Waals surface area contributed by atoms with E-state index >= 15 is 0 Å². The molecule has 5 nitrogen and oxygen atoms in total. The predicted octanol–water partition coefficient (Wildman–Crippen LogP) is 14.9. The first-order valence-corrected chi connectivity index (χ1v) is 20.1. The topological polar surface area (TPSA) is 59.9 Å². The third-order valence-corrected chi connectivity index (χ3v) is 12.3. The lowest BCUT2D eigenvalue weighted by Crippen LogP contribution is -2.00. The van der Waals surface area contributed by atoms with Crippen molar-refractivity contribution < 1.29 is 8.83 Å². The molecule has 5 heteroatoms. The summed E-state index contributed by atoms with van der Waals surface area (Å²) in [7, 11) is 0. The fourth-order valence-corrected chi connectivity index (χ4v) is 9.74. The minimum absolute atomic E-state index is 0.647. The summed E-state index contributed by atoms with van der Waals surface area (Å²) in [6, 6.07) is 68.3. The molecule has 9 aromatic carbocycles. The SMILES string of the molecule is N#Cc1ccccc1-c1cccc(-c2cc(-n3c4ccccc4c4c5oc6ccccc6c5ccc43)cc(-n3c4ccccc4c4c5oc6ccccc6c5ccc43)c2)c1. The van der Waals surface area contributed by atoms with Gasteiger partial charge in [-0.1, -0.05) is 109 Å². The van der Waals surface area contributed by atoms with Gasteiger partial charge >= 0.3 is 0 Å². The van der Waals surface area contributed by atoms with Crippen molar-refractivity contribution in [2.24, 2.45) is 0 Å². The number of furan rings is 2. The van der Waals surface area contributed by atoms with Crippen LogP contribution in [0.25, 0.3) is 121 Å². The van der Waals surface area contributed by atoms with Crippen molar-refractivity contribution in [3.63, 3.8) is 0 Å². The van der Waals surface area contributed by atoms with Crippen LogP contribution in [0.1, 0.15) is 5.56 Å². The van der Waals surface area contributed by atoms with E-state index in [1.54, 1.807) is 0 Å². The molecular weight excluding hydrogens is 735 g/mol. The number of aromatic nitrogens is 2. The summed E-state index contributed by atoms with van der Waals surface area (Å²) in [5, 5.41) is 18.9. The van der Waals surface area contributed by atoms with E-state index in [1.807, 2.05) is 48.5 Å². The van der Waals surface area contributed by atoms with Gasteiger partial charge in [-0.3, -0.25) is 0 Å². The van der Waals surface area contributed by atoms with Crippen LogP contribution in [0.3, 0.4) is 0 Å². The Balaban J connectivity index is 1.14. The summed E-state index contributed by atoms with van der Waals surface area (Å²) < 4.78 is 18.1. The maximum atomic E-state index is 10.0. The van der Waals surface area contributed by atoms with Crippen LogP contribution in [-0.2, 0) is 0 Å². The van der Waals surface area contributed by atoms with E-state index in [4.69, 9.17) is 8.83 Å². The van der Waals surface area contributed by atoms with Crippen molar-refractivity contribution in [2.75, 3.05) is 0 Å². The van der Waals surface area contributed by atoms with Crippen LogP contribution in [-0.4, -0.2) is 9.13 Å². The van der Waals surface area contributed by atoms with Gasteiger partial charge in [0.1, 0.15) is 22.3 Å². The summed E-state index contributed by atoms with van der Waals surface area (Å²) in [5.41, 5.74) is 14.5. The van der Waals surface area contributed by atoms with Crippen molar-refractivity contribution in [3.05, 3.63) is 194 Å². The summed E-state index contributed by atoms with van der Waals surface area (Å²) in [6.07, 6.45) is 0. The van der Waals surface area contributed by atoms with Gasteiger partial charge in [0.15, 0.2) is 0 Å². The Labute approximate surface area is 342 Å². The highest BCUT2D eigenvalue weighted by molar-refractivity contribution is 6.25. The highest BCUT2D eigenvalue weighted by atomic mass is 16.3. The highest BCUT2D eigenvalue weighted by Gasteiger charge is 2.22. The molecule has 0 aliphatic carbocycles. The third kappa shape index (κ3) is 4.56. The average molecular weight is 766 g/mol. The second-order valence-corrected chi connectivity index (χ2v) is 15.6. The van der Waals surface area contributed by atoms with Gasteiger partial charge in [0.2, 0.25) is 0 Å². The third-order valence-electron chi connectivity index (χ3n) is 12.3. The number of para-hydroxylation sites is 4. The molecule has 0 N–H and O–H groups in total. The quantitative estimate of drug-likeness (QED) is 0.179. The Morgan fingerprint density at radius 1 is 0.367 bits per heavy atom. The first-order chi connectivity index (χ1) is 29.7. The molecule has 0 saturated heterocycles. The highest BCUT2D eigenvalue weighted by Crippen LogP contribution is 2.44. The molecule has 0 bridgehead atoms. The van der Waals surface area contributed by atoms with Gasteiger partial charge in [0, 0.05) is 43.7 Å². The van der Waals surface area contributed by atoms with Crippen molar-refractivity contribution in [1.29, 1.82) is 5.26 Å². The van der Waals surface area contributed by atoms with E-state index in [2.05, 4.69) is 155 Å². The van der Waals surface area contributed by atoms with E-state index in [0.717, 1.165) is 121 Å². The van der Waals surface area contributed by atoms with Gasteiger partial charge in [-0.05, 0) is 101 Å². The maximum absolute atomic E-state index is 10.0. The summed E-state index contributed by atoms with van der Waals surface area (Å²) in [6.45, 7) is 0. The van der Waals surface area contributed by atoms with Crippen LogP contribution in [0, 0.1) is 11.3 Å². The first kappa shape index (κ1) is 32.7. The summed E-state index contributed by atoms with van der Waals surface area (Å²) in [5.74, 6) is 0. The van der Waals surface area contributed by atoms with E-state index in [-0.39, 0.29) is 0 Å². The zero-order valence-electron chi connectivity index (χ0n) is 32.1. The maximum Gasteiger partial charge on any atom is 0.145 e. The number of hydrogen-bond acceptors (Lipinski definition) is 3. The number of fused-ring (bicyclic) bond motifs is 14. The molecule has 4 aromatic heterocycles. The number of rotatable bonds is 4. The van der Waals surface area contributed by atoms with Crippen molar-refractivity contribution in [3.8, 4) is 39.7 Å². The molecular formula is C55H31N3O2. The van der Waals surface area contributed by atoms with Crippen molar-refractivity contribution in [2.45, 2.75) is 0 Å². The monoisotopic (exact) mass is 765 g/mol. The standard InChI is InChI=1S/C55H31N3O2/c56-32-35-12-1-2-15-39(35)34-14-11-13-33(28-34)36-29-37(57-46-20-7-3-18-44(46)52-48(57)26-24-42-40-16-5-9-22-50(40)59-54(42)52)31-38(30-36)58-47-21-8-4-19-45(47)53-49(58)27-25-43-41-17-6-10-23-51(41)60-55(43)53/h1-31H. The normalized spacial score (nSPS) is 12.0. The van der Waals surface area contributed by atoms with E-state index in [1.165, 1.54) is 0 Å². The molecule has 278 valence electrons. The lowest BCUT2D eigenvalue weighted by atomic mass is 9.96. The Kier molecular flexibility index (Phi) is 6.73. The molecule has 0 saturated carbocycles. The molecule has 13 aromatic rings. The van der Waals surface area contributed by atoms with Gasteiger partial charge in [0.25, 0.3) is 0 Å². The molecule has 0 atom stereocenters. The minimum atomic E-state index is 0.647. The molecule has 0 fully saturated rings. The number of nitrogens with zero attached hydrogens (tertiary/aromatic N) is 3. The summed E-state index contributed by atoms with van der Waals surface area (Å²) >= 11 is 0. The van der Waals surface area contributed by atoms with Crippen LogP contribution >= 0.6 is 0 Å². The van der Waals surface area contributed by atoms with Crippen LogP contribution in [0.15, 0.2) is 197 Å². The summed E-state index contributed by atoms with van der Waals surface area (Å²) in [4.78, 5) is 0. The molecule has 0 aliphatic rings. The molecule has 4 heterocycles. The van der Waals surface area contributed by atoms with Crippen LogP contribution in [0.4, 0.5) is 0 Å². The molecule has 0 aliphatic heterocycles. The number of benzene rings is 9. The van der Waals surface area contributed by atoms with Gasteiger partial charge in [-0.2, -0.15) is 5.26 Å². The minimum Gasteiger partial charge on any atom is -0.455 e. The molecule has 0 amide bonds. The molecule has 60 heavy (non-hydrogen) atoms. The van der Waals surface area contributed by atoms with Gasteiger partial charge in [-0.15, -0.1) is 0 Å². The van der Waals surface area contributed by atoms with Gasteiger partial charge < -0.3 is 18.0 Å². The largest absolute Gasteiger partial charge is 0.455 e. The van der Waals surface area contributed by atoms with Crippen LogP contribution in [0.2, 0.25) is 0 Å². The molecule has 13 rings (SSSR count). The second-order valence-electron chi connectivity index (χ2n) is 15.6. The fraction of sp³-hybridized carbons (Fsp3) is 0. The molecule has 0 spiro atoms. The first-order valence-electron chi connectivity index (χ1n) is 20.1. The Bertz CT molecular complexity index is 3770. The van der Waals surface area contributed by atoms with Gasteiger partial charge in [0.05, 0.1) is 44.5 Å².